The van der Waals surface area contributed by atoms with Crippen molar-refractivity contribution in [2.24, 2.45) is 0 Å². The third kappa shape index (κ3) is 5.88. The van der Waals surface area contributed by atoms with E-state index < -0.39 is 12.6 Å². The van der Waals surface area contributed by atoms with Crippen molar-refractivity contribution in [1.29, 1.82) is 0 Å². The van der Waals surface area contributed by atoms with Gasteiger partial charge in [-0.1, -0.05) is 17.8 Å². The minimum absolute atomic E-state index is 0.0602. The van der Waals surface area contributed by atoms with Crippen LogP contribution in [0.5, 0.6) is 0 Å². The van der Waals surface area contributed by atoms with E-state index >= 15 is 0 Å². The Hall–Kier alpha value is -0.530. The zero-order chi connectivity index (χ0) is 13.6. The van der Waals surface area contributed by atoms with Gasteiger partial charge in [-0.05, 0) is 12.3 Å². The van der Waals surface area contributed by atoms with Crippen LogP contribution >= 0.6 is 11.8 Å². The molecule has 1 heterocycles. The zero-order valence-corrected chi connectivity index (χ0v) is 10.9. The molecule has 3 nitrogen and oxygen atoms in total. The van der Waals surface area contributed by atoms with Crippen LogP contribution in [0.2, 0.25) is 0 Å². The Balaban J connectivity index is 2.51. The summed E-state index contributed by atoms with van der Waals surface area (Å²) in [6, 6.07) is -0.253. The van der Waals surface area contributed by atoms with E-state index in [0.29, 0.717) is 19.8 Å². The first-order chi connectivity index (χ1) is 8.42. The average Bonchev–Trinajstić information content (AvgIpc) is 2.33. The quantitative estimate of drug-likeness (QED) is 0.739. The molecule has 0 aromatic carbocycles. The summed E-state index contributed by atoms with van der Waals surface area (Å²) in [6.07, 6.45) is -0.320. The van der Waals surface area contributed by atoms with Crippen LogP contribution in [0.4, 0.5) is 13.2 Å². The highest BCUT2D eigenvalue weighted by Gasteiger charge is 2.30. The van der Waals surface area contributed by atoms with Crippen LogP contribution in [-0.4, -0.2) is 54.8 Å². The summed E-state index contributed by atoms with van der Waals surface area (Å²) in [5.41, 5.74) is 0. The van der Waals surface area contributed by atoms with Gasteiger partial charge >= 0.3 is 6.18 Å². The van der Waals surface area contributed by atoms with E-state index in [1.54, 1.807) is 17.2 Å². The van der Waals surface area contributed by atoms with Crippen molar-refractivity contribution in [3.05, 3.63) is 12.2 Å². The van der Waals surface area contributed by atoms with Crippen LogP contribution in [0.3, 0.4) is 0 Å². The summed E-state index contributed by atoms with van der Waals surface area (Å²) in [5.74, 6) is 0. The Bertz CT molecular complexity index is 307. The van der Waals surface area contributed by atoms with E-state index in [2.05, 4.69) is 0 Å². The molecule has 0 bridgehead atoms. The van der Waals surface area contributed by atoms with Gasteiger partial charge in [0, 0.05) is 13.1 Å². The highest BCUT2D eigenvalue weighted by Crippen LogP contribution is 2.21. The van der Waals surface area contributed by atoms with E-state index in [0.717, 1.165) is 11.8 Å². The Kier molecular flexibility index (Phi) is 6.17. The van der Waals surface area contributed by atoms with Crippen LogP contribution < -0.4 is 0 Å². The van der Waals surface area contributed by atoms with Crippen LogP contribution in [0, 0.1) is 0 Å². The second-order valence-corrected chi connectivity index (χ2v) is 4.74. The van der Waals surface area contributed by atoms with Crippen molar-refractivity contribution in [3.8, 4) is 0 Å². The average molecular weight is 283 g/mol. The fourth-order valence-electron chi connectivity index (χ4n) is 1.64. The van der Waals surface area contributed by atoms with Gasteiger partial charge in [0.25, 0.3) is 0 Å². The molecule has 1 fully saturated rings. The monoisotopic (exact) mass is 283 g/mol. The van der Waals surface area contributed by atoms with Gasteiger partial charge in [0.1, 0.15) is 0 Å². The smallest absolute Gasteiger partial charge is 0.378 e. The Labute approximate surface area is 108 Å². The lowest BCUT2D eigenvalue weighted by atomic mass is 10.2. The maximum atomic E-state index is 12.2. The maximum Gasteiger partial charge on any atom is 0.390 e. The van der Waals surface area contributed by atoms with E-state index in [1.807, 2.05) is 0 Å². The number of ether oxygens (including phenoxy) is 1. The lowest BCUT2D eigenvalue weighted by Crippen LogP contribution is -2.45. The van der Waals surface area contributed by atoms with Crippen molar-refractivity contribution < 1.29 is 22.7 Å². The van der Waals surface area contributed by atoms with Gasteiger partial charge < -0.3 is 4.74 Å². The topological polar surface area (TPSA) is 29.5 Å². The number of carbonyl (C=O) groups is 1. The first kappa shape index (κ1) is 15.5. The molecular formula is C11H16F3NO2S. The fourth-order valence-corrected chi connectivity index (χ4v) is 1.85. The highest BCUT2D eigenvalue weighted by atomic mass is 32.2. The summed E-state index contributed by atoms with van der Waals surface area (Å²) >= 11 is 1.07. The van der Waals surface area contributed by atoms with Crippen LogP contribution in [0.1, 0.15) is 6.42 Å². The molecule has 0 aliphatic carbocycles. The number of nitrogens with zero attached hydrogens (tertiary/aromatic N) is 1. The molecule has 18 heavy (non-hydrogen) atoms. The summed E-state index contributed by atoms with van der Waals surface area (Å²) in [4.78, 5) is 12.8. The molecule has 0 N–H and O–H groups in total. The zero-order valence-electron chi connectivity index (χ0n) is 10.1. The summed E-state index contributed by atoms with van der Waals surface area (Å²) in [7, 11) is 0. The van der Waals surface area contributed by atoms with Crippen molar-refractivity contribution in [3.63, 3.8) is 0 Å². The second kappa shape index (κ2) is 7.16. The SMILES string of the molecule is CSC(=O)/C=C/C1COCCN1CCC(F)(F)F. The Morgan fingerprint density at radius 1 is 1.56 bits per heavy atom. The van der Waals surface area contributed by atoms with Gasteiger partial charge in [0.15, 0.2) is 0 Å². The van der Waals surface area contributed by atoms with E-state index in [4.69, 9.17) is 4.74 Å². The highest BCUT2D eigenvalue weighted by molar-refractivity contribution is 8.13. The minimum Gasteiger partial charge on any atom is -0.378 e. The second-order valence-electron chi connectivity index (χ2n) is 3.93. The maximum absolute atomic E-state index is 12.2. The molecule has 0 spiro atoms. The third-order valence-electron chi connectivity index (χ3n) is 2.62. The molecule has 0 aromatic rings. The normalized spacial score (nSPS) is 22.6. The number of hydrogen-bond donors (Lipinski definition) is 0. The number of hydrogen-bond acceptors (Lipinski definition) is 4. The molecule has 1 rings (SSSR count). The standard InChI is InChI=1S/C11H16F3NO2S/c1-18-10(16)3-2-9-8-17-7-6-15(9)5-4-11(12,13)14/h2-3,9H,4-8H2,1H3/b3-2+. The molecule has 1 atom stereocenters. The van der Waals surface area contributed by atoms with Gasteiger partial charge in [-0.15, -0.1) is 0 Å². The van der Waals surface area contributed by atoms with E-state index in [1.165, 1.54) is 6.08 Å². The Morgan fingerprint density at radius 3 is 2.89 bits per heavy atom. The minimum atomic E-state index is -4.15. The molecule has 104 valence electrons. The number of alkyl halides is 3. The number of halogens is 3. The molecule has 1 aliphatic rings. The first-order valence-corrected chi connectivity index (χ1v) is 6.79. The molecule has 1 saturated heterocycles. The fraction of sp³-hybridized carbons (Fsp3) is 0.727. The van der Waals surface area contributed by atoms with Gasteiger partial charge in [0.05, 0.1) is 25.7 Å². The summed E-state index contributed by atoms with van der Waals surface area (Å²) in [6.45, 7) is 1.16. The molecule has 0 radical (unpaired) electrons. The largest absolute Gasteiger partial charge is 0.390 e. The summed E-state index contributed by atoms with van der Waals surface area (Å²) < 4.78 is 41.7. The molecular weight excluding hydrogens is 267 g/mol. The third-order valence-corrected chi connectivity index (χ3v) is 3.16. The number of carbonyl (C=O) groups excluding carboxylic acids is 1. The van der Waals surface area contributed by atoms with Gasteiger partial charge in [-0.25, -0.2) is 0 Å². The molecule has 0 amide bonds. The molecule has 0 saturated carbocycles. The number of morpholine rings is 1. The Morgan fingerprint density at radius 2 is 2.28 bits per heavy atom. The van der Waals surface area contributed by atoms with Crippen molar-refractivity contribution in [2.75, 3.05) is 32.6 Å². The number of thioether (sulfide) groups is 1. The molecule has 0 aromatic heterocycles. The van der Waals surface area contributed by atoms with Crippen molar-refractivity contribution in [2.45, 2.75) is 18.6 Å². The molecule has 1 aliphatic heterocycles. The lowest BCUT2D eigenvalue weighted by molar-refractivity contribution is -0.141. The lowest BCUT2D eigenvalue weighted by Gasteiger charge is -2.33. The van der Waals surface area contributed by atoms with Gasteiger partial charge in [0.2, 0.25) is 5.12 Å². The van der Waals surface area contributed by atoms with E-state index in [-0.39, 0.29) is 17.7 Å². The van der Waals surface area contributed by atoms with Crippen LogP contribution in [-0.2, 0) is 9.53 Å². The summed E-state index contributed by atoms with van der Waals surface area (Å²) in [5, 5.41) is -0.114. The van der Waals surface area contributed by atoms with E-state index in [9.17, 15) is 18.0 Å². The predicted molar refractivity (Wildman–Crippen MR) is 64.5 cm³/mol. The van der Waals surface area contributed by atoms with Crippen LogP contribution in [0.25, 0.3) is 0 Å². The van der Waals surface area contributed by atoms with Crippen molar-refractivity contribution in [1.82, 2.24) is 4.90 Å². The van der Waals surface area contributed by atoms with Gasteiger partial charge in [-0.2, -0.15) is 13.2 Å². The molecule has 7 heteroatoms. The van der Waals surface area contributed by atoms with Gasteiger partial charge in [-0.3, -0.25) is 9.69 Å². The van der Waals surface area contributed by atoms with Crippen molar-refractivity contribution >= 4 is 16.9 Å². The first-order valence-electron chi connectivity index (χ1n) is 5.57. The van der Waals surface area contributed by atoms with Crippen LogP contribution in [0.15, 0.2) is 12.2 Å². The molecule has 1 unspecified atom stereocenters. The predicted octanol–water partition coefficient (Wildman–Crippen LogP) is 2.09. The number of rotatable bonds is 4.